The van der Waals surface area contributed by atoms with Crippen molar-refractivity contribution in [2.24, 2.45) is 5.73 Å². The van der Waals surface area contributed by atoms with E-state index in [-0.39, 0.29) is 51.9 Å². The van der Waals surface area contributed by atoms with Crippen molar-refractivity contribution in [3.8, 4) is 11.6 Å². The zero-order chi connectivity index (χ0) is 26.9. The van der Waals surface area contributed by atoms with Crippen molar-refractivity contribution in [2.45, 2.75) is 70.8 Å². The number of hydrogen-bond acceptors (Lipinski definition) is 8. The zero-order valence-electron chi connectivity index (χ0n) is 20.7. The molecule has 1 aromatic carbocycles. The van der Waals surface area contributed by atoms with Crippen LogP contribution in [0.1, 0.15) is 71.2 Å². The molecule has 0 unspecified atom stereocenters. The number of nitrogens with one attached hydrogen (secondary N) is 1. The van der Waals surface area contributed by atoms with Crippen molar-refractivity contribution in [3.05, 3.63) is 33.8 Å². The van der Waals surface area contributed by atoms with Crippen LogP contribution in [0.2, 0.25) is 0 Å². The van der Waals surface area contributed by atoms with Gasteiger partial charge >= 0.3 is 6.55 Å². The smallest absolute Gasteiger partial charge is 0.333 e. The molecule has 4 N–H and O–H groups in total. The molecule has 2 amide bonds. The number of rotatable bonds is 9. The number of nitrogens with two attached hydrogens (primary N) is 1. The van der Waals surface area contributed by atoms with Gasteiger partial charge in [0.25, 0.3) is 11.8 Å². The van der Waals surface area contributed by atoms with Gasteiger partial charge in [-0.3, -0.25) is 9.59 Å². The van der Waals surface area contributed by atoms with Crippen molar-refractivity contribution in [3.63, 3.8) is 0 Å². The summed E-state index contributed by atoms with van der Waals surface area (Å²) < 4.78 is 39.3. The maximum absolute atomic E-state index is 13.7. The summed E-state index contributed by atoms with van der Waals surface area (Å²) in [6.07, 6.45) is 2.21. The number of benzene rings is 1. The molecule has 2 heterocycles. The van der Waals surface area contributed by atoms with E-state index in [1.807, 2.05) is 0 Å². The molecular weight excluding hydrogens is 508 g/mol. The number of primary amides is 1. The first-order valence-electron chi connectivity index (χ1n) is 11.8. The van der Waals surface area contributed by atoms with Crippen LogP contribution in [-0.2, 0) is 0 Å². The van der Waals surface area contributed by atoms with Gasteiger partial charge in [0.05, 0.1) is 16.1 Å². The lowest BCUT2D eigenvalue weighted by Gasteiger charge is -2.29. The number of alkyl halides is 2. The van der Waals surface area contributed by atoms with Gasteiger partial charge in [-0.1, -0.05) is 0 Å². The Morgan fingerprint density at radius 3 is 2.62 bits per heavy atom. The Bertz CT molecular complexity index is 1290. The fraction of sp³-hybridized carbons (Fsp3) is 0.500. The minimum Gasteiger partial charge on any atom is -0.491 e. The second-order valence-corrected chi connectivity index (χ2v) is 10.9. The molecule has 1 aliphatic rings. The summed E-state index contributed by atoms with van der Waals surface area (Å²) in [6, 6.07) is 4.24. The number of amides is 2. The highest BCUT2D eigenvalue weighted by Gasteiger charge is 2.28. The highest BCUT2D eigenvalue weighted by molar-refractivity contribution is 7.13. The van der Waals surface area contributed by atoms with Crippen LogP contribution in [0, 0.1) is 6.92 Å². The molecule has 2 aromatic heterocycles. The van der Waals surface area contributed by atoms with Crippen molar-refractivity contribution in [2.75, 3.05) is 6.61 Å². The van der Waals surface area contributed by atoms with Crippen LogP contribution in [0.4, 0.5) is 8.78 Å². The second kappa shape index (κ2) is 10.6. The number of ether oxygens (including phenoxy) is 2. The molecule has 37 heavy (non-hydrogen) atoms. The predicted molar refractivity (Wildman–Crippen MR) is 132 cm³/mol. The molecule has 0 atom stereocenters. The van der Waals surface area contributed by atoms with E-state index in [4.69, 9.17) is 15.2 Å². The number of fused-ring (bicyclic) bond motifs is 1. The minimum atomic E-state index is -2.96. The number of aromatic nitrogens is 3. The maximum Gasteiger partial charge on any atom is 0.333 e. The quantitative estimate of drug-likeness (QED) is 0.379. The van der Waals surface area contributed by atoms with E-state index in [9.17, 15) is 23.5 Å². The average molecular weight is 538 g/mol. The topological polar surface area (TPSA) is 142 Å². The maximum atomic E-state index is 13.7. The van der Waals surface area contributed by atoms with Crippen molar-refractivity contribution in [1.29, 1.82) is 0 Å². The Kier molecular flexibility index (Phi) is 7.64. The predicted octanol–water partition coefficient (Wildman–Crippen LogP) is 3.56. The third kappa shape index (κ3) is 6.34. The molecule has 0 spiro atoms. The molecule has 0 bridgehead atoms. The molecule has 0 saturated heterocycles. The van der Waals surface area contributed by atoms with Crippen LogP contribution in [-0.4, -0.2) is 56.0 Å². The number of hydrogen-bond donors (Lipinski definition) is 3. The van der Waals surface area contributed by atoms with Gasteiger partial charge in [-0.25, -0.2) is 9.67 Å². The van der Waals surface area contributed by atoms with E-state index in [1.54, 1.807) is 26.8 Å². The standard InChI is InChI=1S/C24H29F2N5O5S/c1-12-28-22(19(37-12)20(27)32)36-14-6-4-13(5-7-14)29-21(33)18-16-9-8-15(35-11-24(2,3)34)10-17(16)31(30-18)23(25)26/h8-10,13-14,23,34H,4-7,11H2,1-3H3,(H2,27,32)(H,29,33)/t13-,14-. The fourth-order valence-corrected chi connectivity index (χ4v) is 4.87. The number of carbonyl (C=O) groups excluding carboxylic acids is 2. The Balaban J connectivity index is 1.42. The molecule has 1 saturated carbocycles. The highest BCUT2D eigenvalue weighted by Crippen LogP contribution is 2.31. The average Bonchev–Trinajstić information content (AvgIpc) is 3.39. The third-order valence-electron chi connectivity index (χ3n) is 5.89. The second-order valence-electron chi connectivity index (χ2n) is 9.65. The molecule has 13 heteroatoms. The molecule has 0 radical (unpaired) electrons. The van der Waals surface area contributed by atoms with E-state index in [1.165, 1.54) is 23.5 Å². The molecule has 10 nitrogen and oxygen atoms in total. The summed E-state index contributed by atoms with van der Waals surface area (Å²) in [7, 11) is 0. The van der Waals surface area contributed by atoms with Gasteiger partial charge in [-0.2, -0.15) is 13.9 Å². The zero-order valence-corrected chi connectivity index (χ0v) is 21.5. The largest absolute Gasteiger partial charge is 0.491 e. The van der Waals surface area contributed by atoms with Crippen LogP contribution in [0.15, 0.2) is 18.2 Å². The van der Waals surface area contributed by atoms with Gasteiger partial charge < -0.3 is 25.6 Å². The minimum absolute atomic E-state index is 0.0347. The number of aliphatic hydroxyl groups is 1. The van der Waals surface area contributed by atoms with Crippen LogP contribution in [0.5, 0.6) is 11.6 Å². The van der Waals surface area contributed by atoms with Crippen LogP contribution in [0.3, 0.4) is 0 Å². The highest BCUT2D eigenvalue weighted by atomic mass is 32.1. The van der Waals surface area contributed by atoms with Crippen LogP contribution in [0.25, 0.3) is 10.9 Å². The molecule has 1 fully saturated rings. The van der Waals surface area contributed by atoms with E-state index in [2.05, 4.69) is 15.4 Å². The SMILES string of the molecule is Cc1nc(O[C@H]2CC[C@H](NC(=O)c3nn(C(F)F)c4cc(OCC(C)(C)O)ccc34)CC2)c(C(N)=O)s1. The van der Waals surface area contributed by atoms with E-state index >= 15 is 0 Å². The first-order chi connectivity index (χ1) is 17.4. The third-order valence-corrected chi connectivity index (χ3v) is 6.85. The lowest BCUT2D eigenvalue weighted by Crippen LogP contribution is -2.40. The molecule has 200 valence electrons. The van der Waals surface area contributed by atoms with E-state index in [0.29, 0.717) is 35.4 Å². The van der Waals surface area contributed by atoms with Gasteiger partial charge in [0.2, 0.25) is 5.88 Å². The van der Waals surface area contributed by atoms with E-state index < -0.39 is 24.0 Å². The molecule has 4 rings (SSSR count). The number of thiazole rings is 1. The summed E-state index contributed by atoms with van der Waals surface area (Å²) in [6.45, 7) is 1.90. The van der Waals surface area contributed by atoms with Crippen LogP contribution < -0.4 is 20.5 Å². The Morgan fingerprint density at radius 1 is 1.30 bits per heavy atom. The Labute approximate surface area is 215 Å². The van der Waals surface area contributed by atoms with Gasteiger partial charge in [-0.05, 0) is 58.6 Å². The molecule has 0 aliphatic heterocycles. The number of carbonyl (C=O) groups is 2. The van der Waals surface area contributed by atoms with Crippen molar-refractivity contribution < 1.29 is 33.0 Å². The van der Waals surface area contributed by atoms with Gasteiger partial charge in [0.15, 0.2) is 10.6 Å². The van der Waals surface area contributed by atoms with Crippen molar-refractivity contribution in [1.82, 2.24) is 20.1 Å². The molecule has 3 aromatic rings. The van der Waals surface area contributed by atoms with E-state index in [0.717, 1.165) is 0 Å². The number of halogens is 2. The summed E-state index contributed by atoms with van der Waals surface area (Å²) in [5.41, 5.74) is 4.24. The van der Waals surface area contributed by atoms with Gasteiger partial charge in [0.1, 0.15) is 18.5 Å². The number of aryl methyl sites for hydroxylation is 1. The first-order valence-corrected chi connectivity index (χ1v) is 12.6. The summed E-state index contributed by atoms with van der Waals surface area (Å²) in [4.78, 5) is 29.1. The van der Waals surface area contributed by atoms with Gasteiger partial charge in [-0.15, -0.1) is 11.3 Å². The number of nitrogens with zero attached hydrogens (tertiary/aromatic N) is 3. The molecular formula is C24H29F2N5O5S. The Hall–Kier alpha value is -3.32. The fourth-order valence-electron chi connectivity index (χ4n) is 4.16. The van der Waals surface area contributed by atoms with Crippen LogP contribution >= 0.6 is 11.3 Å². The monoisotopic (exact) mass is 537 g/mol. The van der Waals surface area contributed by atoms with Gasteiger partial charge in [0, 0.05) is 17.5 Å². The lowest BCUT2D eigenvalue weighted by atomic mass is 9.93. The lowest BCUT2D eigenvalue weighted by molar-refractivity contribution is 0.0284. The Morgan fingerprint density at radius 2 is 2.00 bits per heavy atom. The summed E-state index contributed by atoms with van der Waals surface area (Å²) in [5, 5.41) is 17.6. The van der Waals surface area contributed by atoms with Crippen molar-refractivity contribution >= 4 is 34.1 Å². The first kappa shape index (κ1) is 26.7. The summed E-state index contributed by atoms with van der Waals surface area (Å²) >= 11 is 1.18. The summed E-state index contributed by atoms with van der Waals surface area (Å²) in [5.74, 6) is -0.633. The molecule has 1 aliphatic carbocycles. The normalized spacial score (nSPS) is 18.2.